The molecule has 37 heavy (non-hydrogen) atoms. The summed E-state index contributed by atoms with van der Waals surface area (Å²) in [6, 6.07) is 29.1. The van der Waals surface area contributed by atoms with Gasteiger partial charge in [0.05, 0.1) is 29.7 Å². The van der Waals surface area contributed by atoms with Crippen molar-refractivity contribution in [3.05, 3.63) is 130 Å². The molecule has 6 rings (SSSR count). The van der Waals surface area contributed by atoms with Gasteiger partial charge in [-0.15, -0.1) is 0 Å². The molecular weight excluding hydrogens is 482 g/mol. The number of aromatic nitrogens is 3. The number of carbonyl (C=O) groups is 1. The van der Waals surface area contributed by atoms with E-state index in [1.54, 1.807) is 0 Å². The van der Waals surface area contributed by atoms with Gasteiger partial charge in [-0.2, -0.15) is 5.10 Å². The van der Waals surface area contributed by atoms with Crippen LogP contribution >= 0.6 is 11.6 Å². The van der Waals surface area contributed by atoms with Crippen molar-refractivity contribution in [2.45, 2.75) is 26.4 Å². The Balaban J connectivity index is 1.53. The molecule has 0 aliphatic carbocycles. The summed E-state index contributed by atoms with van der Waals surface area (Å²) in [4.78, 5) is 15.8. The van der Waals surface area contributed by atoms with E-state index in [9.17, 15) is 4.79 Å². The van der Waals surface area contributed by atoms with E-state index in [1.807, 2.05) is 115 Å². The number of nitrogens with one attached hydrogen (secondary N) is 1. The van der Waals surface area contributed by atoms with E-state index >= 15 is 0 Å². The Morgan fingerprint density at radius 2 is 1.73 bits per heavy atom. The summed E-state index contributed by atoms with van der Waals surface area (Å²) >= 11 is 6.44. The molecule has 1 aliphatic rings. The third-order valence-electron chi connectivity index (χ3n) is 6.81. The van der Waals surface area contributed by atoms with Crippen LogP contribution in [0.2, 0.25) is 5.02 Å². The molecule has 184 valence electrons. The van der Waals surface area contributed by atoms with E-state index in [2.05, 4.69) is 16.0 Å². The molecular formula is C30H26ClN5O. The lowest BCUT2D eigenvalue weighted by atomic mass is 10.0. The highest BCUT2D eigenvalue weighted by molar-refractivity contribution is 6.30. The molecule has 2 aromatic heterocycles. The van der Waals surface area contributed by atoms with Crippen molar-refractivity contribution < 1.29 is 4.79 Å². The number of para-hydroxylation sites is 1. The fourth-order valence-corrected chi connectivity index (χ4v) is 5.21. The molecule has 0 fully saturated rings. The highest BCUT2D eigenvalue weighted by atomic mass is 35.5. The van der Waals surface area contributed by atoms with Gasteiger partial charge in [0, 0.05) is 22.5 Å². The van der Waals surface area contributed by atoms with Crippen molar-refractivity contribution >= 4 is 23.3 Å². The summed E-state index contributed by atoms with van der Waals surface area (Å²) in [7, 11) is 0. The average Bonchev–Trinajstić information content (AvgIpc) is 3.46. The highest BCUT2D eigenvalue weighted by Crippen LogP contribution is 2.39. The number of aryl methyl sites for hydroxylation is 2. The average molecular weight is 508 g/mol. The number of anilines is 1. The maximum Gasteiger partial charge on any atom is 0.322 e. The number of halogens is 1. The van der Waals surface area contributed by atoms with Crippen molar-refractivity contribution in [2.24, 2.45) is 0 Å². The zero-order valence-electron chi connectivity index (χ0n) is 20.6. The van der Waals surface area contributed by atoms with E-state index in [0.717, 1.165) is 45.3 Å². The minimum atomic E-state index is -0.366. The highest BCUT2D eigenvalue weighted by Gasteiger charge is 2.36. The standard InChI is InChI=1S/C30H26ClN5O/c1-20-13-15-24(16-14-20)32-30(37)35-19-26-21(2)33-36(25-10-4-3-5-11-25)29(26)34-17-7-12-27(34)28(35)22-8-6-9-23(31)18-22/h3-18,28H,19H2,1-2H3,(H,32,37)/t28-/m1/s1. The molecule has 3 heterocycles. The van der Waals surface area contributed by atoms with Crippen LogP contribution in [0.4, 0.5) is 10.5 Å². The van der Waals surface area contributed by atoms with Crippen LogP contribution in [0.1, 0.15) is 34.1 Å². The van der Waals surface area contributed by atoms with Gasteiger partial charge >= 0.3 is 6.03 Å². The first-order valence-corrected chi connectivity index (χ1v) is 12.6. The molecule has 5 aromatic rings. The predicted molar refractivity (Wildman–Crippen MR) is 147 cm³/mol. The van der Waals surface area contributed by atoms with Crippen molar-refractivity contribution in [3.63, 3.8) is 0 Å². The molecule has 1 N–H and O–H groups in total. The Labute approximate surface area is 220 Å². The second kappa shape index (κ2) is 9.30. The van der Waals surface area contributed by atoms with E-state index in [-0.39, 0.29) is 12.1 Å². The number of urea groups is 1. The largest absolute Gasteiger partial charge is 0.322 e. The molecule has 7 heteroatoms. The Kier molecular flexibility index (Phi) is 5.81. The van der Waals surface area contributed by atoms with Gasteiger partial charge in [0.1, 0.15) is 5.82 Å². The van der Waals surface area contributed by atoms with Crippen LogP contribution < -0.4 is 5.32 Å². The van der Waals surface area contributed by atoms with Gasteiger partial charge < -0.3 is 14.8 Å². The van der Waals surface area contributed by atoms with Gasteiger partial charge in [-0.05, 0) is 67.9 Å². The molecule has 0 unspecified atom stereocenters. The summed E-state index contributed by atoms with van der Waals surface area (Å²) in [6.45, 7) is 4.40. The number of nitrogens with zero attached hydrogens (tertiary/aromatic N) is 4. The molecule has 0 saturated heterocycles. The van der Waals surface area contributed by atoms with Crippen LogP contribution in [0.3, 0.4) is 0 Å². The van der Waals surface area contributed by atoms with E-state index in [4.69, 9.17) is 16.7 Å². The van der Waals surface area contributed by atoms with Crippen molar-refractivity contribution in [2.75, 3.05) is 5.32 Å². The molecule has 0 saturated carbocycles. The summed E-state index contributed by atoms with van der Waals surface area (Å²) < 4.78 is 4.11. The fraction of sp³-hybridized carbons (Fsp3) is 0.133. The number of fused-ring (bicyclic) bond motifs is 3. The van der Waals surface area contributed by atoms with Gasteiger partial charge in [-0.3, -0.25) is 0 Å². The Bertz CT molecular complexity index is 1590. The molecule has 6 nitrogen and oxygen atoms in total. The summed E-state index contributed by atoms with van der Waals surface area (Å²) in [5, 5.41) is 8.64. The fourth-order valence-electron chi connectivity index (χ4n) is 5.01. The van der Waals surface area contributed by atoms with Crippen LogP contribution in [0.15, 0.2) is 97.2 Å². The minimum absolute atomic E-state index is 0.193. The summed E-state index contributed by atoms with van der Waals surface area (Å²) in [5.41, 5.74) is 6.60. The van der Waals surface area contributed by atoms with Gasteiger partial charge in [0.25, 0.3) is 0 Å². The molecule has 2 amide bonds. The molecule has 1 aliphatic heterocycles. The second-order valence-corrected chi connectivity index (χ2v) is 9.76. The van der Waals surface area contributed by atoms with Crippen molar-refractivity contribution in [1.29, 1.82) is 0 Å². The number of amides is 2. The van der Waals surface area contributed by atoms with Gasteiger partial charge in [-0.25, -0.2) is 9.48 Å². The van der Waals surface area contributed by atoms with Crippen LogP contribution in [-0.2, 0) is 6.54 Å². The van der Waals surface area contributed by atoms with Gasteiger partial charge in [-0.1, -0.05) is 59.6 Å². The molecule has 0 radical (unpaired) electrons. The number of benzene rings is 3. The Morgan fingerprint density at radius 3 is 2.49 bits per heavy atom. The SMILES string of the molecule is Cc1ccc(NC(=O)N2Cc3c(C)nn(-c4ccccc4)c3-n3cccc3[C@H]2c2cccc(Cl)c2)cc1. The van der Waals surface area contributed by atoms with Gasteiger partial charge in [0.2, 0.25) is 0 Å². The summed E-state index contributed by atoms with van der Waals surface area (Å²) in [5.74, 6) is 0.932. The number of rotatable bonds is 3. The quantitative estimate of drug-likeness (QED) is 0.284. The first-order chi connectivity index (χ1) is 18.0. The monoisotopic (exact) mass is 507 g/mol. The maximum atomic E-state index is 13.9. The summed E-state index contributed by atoms with van der Waals surface area (Å²) in [6.07, 6.45) is 2.04. The molecule has 0 spiro atoms. The molecule has 1 atom stereocenters. The maximum absolute atomic E-state index is 13.9. The zero-order valence-corrected chi connectivity index (χ0v) is 21.4. The first-order valence-electron chi connectivity index (χ1n) is 12.2. The van der Waals surface area contributed by atoms with Crippen molar-refractivity contribution in [1.82, 2.24) is 19.2 Å². The van der Waals surface area contributed by atoms with Crippen molar-refractivity contribution in [3.8, 4) is 11.5 Å². The van der Waals surface area contributed by atoms with Crippen LogP contribution in [0.25, 0.3) is 11.5 Å². The molecule has 0 bridgehead atoms. The normalized spacial score (nSPS) is 14.6. The molecule has 3 aromatic carbocycles. The van der Waals surface area contributed by atoms with E-state index in [0.29, 0.717) is 11.6 Å². The lowest BCUT2D eigenvalue weighted by molar-refractivity contribution is 0.194. The lowest BCUT2D eigenvalue weighted by Crippen LogP contribution is -2.38. The smallest absolute Gasteiger partial charge is 0.308 e. The Hall–Kier alpha value is -4.29. The van der Waals surface area contributed by atoms with Gasteiger partial charge in [0.15, 0.2) is 0 Å². The van der Waals surface area contributed by atoms with Crippen LogP contribution in [0, 0.1) is 13.8 Å². The zero-order chi connectivity index (χ0) is 25.5. The number of carbonyl (C=O) groups excluding carboxylic acids is 1. The lowest BCUT2D eigenvalue weighted by Gasteiger charge is -2.31. The third kappa shape index (κ3) is 4.19. The van der Waals surface area contributed by atoms with Crippen LogP contribution in [0.5, 0.6) is 0 Å². The Morgan fingerprint density at radius 1 is 0.946 bits per heavy atom. The minimum Gasteiger partial charge on any atom is -0.308 e. The topological polar surface area (TPSA) is 55.1 Å². The third-order valence-corrected chi connectivity index (χ3v) is 7.05. The van der Waals surface area contributed by atoms with Crippen LogP contribution in [-0.4, -0.2) is 25.3 Å². The number of hydrogen-bond acceptors (Lipinski definition) is 2. The van der Waals surface area contributed by atoms with E-state index in [1.165, 1.54) is 0 Å². The second-order valence-electron chi connectivity index (χ2n) is 9.32. The first kappa shape index (κ1) is 23.1. The van der Waals surface area contributed by atoms with E-state index < -0.39 is 0 Å². The predicted octanol–water partition coefficient (Wildman–Crippen LogP) is 7.07. The number of hydrogen-bond donors (Lipinski definition) is 1.